The van der Waals surface area contributed by atoms with Crippen molar-refractivity contribution in [3.05, 3.63) is 0 Å². The van der Waals surface area contributed by atoms with Crippen LogP contribution in [0.1, 0.15) is 6.92 Å². The molecule has 6 heavy (non-hydrogen) atoms. The third-order valence-electron chi connectivity index (χ3n) is 0.628. The van der Waals surface area contributed by atoms with E-state index in [0.29, 0.717) is 0 Å². The maximum Gasteiger partial charge on any atom is 0.0985 e. The lowest BCUT2D eigenvalue weighted by molar-refractivity contribution is 0.589. The second kappa shape index (κ2) is 2.09. The fraction of sp³-hybridized carbons (Fsp3) is 1.00. The van der Waals surface area contributed by atoms with Crippen molar-refractivity contribution >= 4 is 15.8 Å². The molecule has 2 unspecified atom stereocenters. The van der Waals surface area contributed by atoms with Gasteiger partial charge in [0.25, 0.3) is 0 Å². The molecular weight excluding hydrogens is 114 g/mol. The van der Waals surface area contributed by atoms with Gasteiger partial charge in [0.05, 0.1) is 6.83 Å². The molecule has 0 amide bonds. The van der Waals surface area contributed by atoms with Crippen LogP contribution in [0.4, 0.5) is 0 Å². The molecule has 0 saturated carbocycles. The molecule has 38 valence electrons. The molecule has 0 saturated heterocycles. The lowest BCUT2D eigenvalue weighted by atomic mass is 11.0. The van der Waals surface area contributed by atoms with Crippen molar-refractivity contribution in [2.24, 2.45) is 0 Å². The van der Waals surface area contributed by atoms with Crippen molar-refractivity contribution in [3.63, 3.8) is 0 Å². The van der Waals surface area contributed by atoms with Crippen LogP contribution in [0, 0.1) is 0 Å². The Morgan fingerprint density at radius 3 is 2.00 bits per heavy atom. The van der Waals surface area contributed by atoms with E-state index in [1.807, 2.05) is 6.92 Å². The average Bonchev–Trinajstić information content (AvgIpc) is 1.35. The Bertz CT molecular complexity index is 72.9. The fourth-order valence-electron chi connectivity index (χ4n) is 0. The molecule has 0 bridgehead atoms. The minimum atomic E-state index is -1.73. The van der Waals surface area contributed by atoms with Crippen LogP contribution < -0.4 is 0 Å². The van der Waals surface area contributed by atoms with Gasteiger partial charge in [-0.1, -0.05) is 15.9 Å². The van der Waals surface area contributed by atoms with Crippen LogP contribution >= 0.6 is 15.8 Å². The second-order valence-electron chi connectivity index (χ2n) is 1.49. The predicted molar refractivity (Wildman–Crippen MR) is 33.8 cm³/mol. The summed E-state index contributed by atoms with van der Waals surface area (Å²) in [7, 11) is 2.35. The minimum absolute atomic E-state index is 0.789. The van der Waals surface area contributed by atoms with E-state index in [1.54, 1.807) is 6.66 Å². The summed E-state index contributed by atoms with van der Waals surface area (Å²) in [5.74, 6) is 0. The van der Waals surface area contributed by atoms with Crippen molar-refractivity contribution in [3.8, 4) is 0 Å². The number of rotatable bonds is 1. The Balaban J connectivity index is 3.48. The van der Waals surface area contributed by atoms with Gasteiger partial charge < -0.3 is 4.57 Å². The van der Waals surface area contributed by atoms with Gasteiger partial charge in [0.2, 0.25) is 0 Å². The van der Waals surface area contributed by atoms with Gasteiger partial charge in [0.15, 0.2) is 0 Å². The molecule has 2 atom stereocenters. The van der Waals surface area contributed by atoms with Crippen molar-refractivity contribution in [2.45, 2.75) is 6.92 Å². The average molecular weight is 124 g/mol. The van der Waals surface area contributed by atoms with Crippen molar-refractivity contribution in [2.75, 3.05) is 12.8 Å². The Morgan fingerprint density at radius 2 is 2.00 bits per heavy atom. The quantitative estimate of drug-likeness (QED) is 0.487. The monoisotopic (exact) mass is 124 g/mol. The first-order valence-electron chi connectivity index (χ1n) is 1.91. The summed E-state index contributed by atoms with van der Waals surface area (Å²) in [5.41, 5.74) is 0. The van der Waals surface area contributed by atoms with E-state index < -0.39 is 6.83 Å². The van der Waals surface area contributed by atoms with Crippen LogP contribution in [0.5, 0.6) is 0 Å². The van der Waals surface area contributed by atoms with Gasteiger partial charge in [0, 0.05) is 6.16 Å². The third kappa shape index (κ3) is 4.66. The fourth-order valence-corrected chi connectivity index (χ4v) is 0. The first-order chi connectivity index (χ1) is 2.56. The molecule has 0 spiro atoms. The molecule has 0 aliphatic rings. The van der Waals surface area contributed by atoms with Crippen LogP contribution in [0.3, 0.4) is 0 Å². The SMILES string of the molecule is CCP(C)(=O)P. The van der Waals surface area contributed by atoms with E-state index in [-0.39, 0.29) is 0 Å². The van der Waals surface area contributed by atoms with Crippen molar-refractivity contribution in [1.82, 2.24) is 0 Å². The zero-order valence-corrected chi connectivity index (χ0v) is 6.19. The van der Waals surface area contributed by atoms with Gasteiger partial charge in [0.1, 0.15) is 0 Å². The van der Waals surface area contributed by atoms with E-state index >= 15 is 0 Å². The molecule has 3 heteroatoms. The Kier molecular flexibility index (Phi) is 2.33. The van der Waals surface area contributed by atoms with Crippen molar-refractivity contribution in [1.29, 1.82) is 0 Å². The van der Waals surface area contributed by atoms with Gasteiger partial charge in [-0.15, -0.1) is 0 Å². The molecule has 0 fully saturated rings. The van der Waals surface area contributed by atoms with E-state index in [2.05, 4.69) is 8.93 Å². The highest BCUT2D eigenvalue weighted by Crippen LogP contribution is 2.49. The lowest BCUT2D eigenvalue weighted by Crippen LogP contribution is -1.66. The summed E-state index contributed by atoms with van der Waals surface area (Å²) in [6.07, 6.45) is 0.789. The Labute approximate surface area is 41.0 Å². The highest BCUT2D eigenvalue weighted by atomic mass is 32.0. The summed E-state index contributed by atoms with van der Waals surface area (Å²) >= 11 is 0. The van der Waals surface area contributed by atoms with E-state index in [4.69, 9.17) is 0 Å². The first kappa shape index (κ1) is 6.66. The standard InChI is InChI=1S/C3H10OP2/c1-3-6(2,4)5/h3,5H2,1-2H3. The maximum absolute atomic E-state index is 10.5. The number of hydrogen-bond acceptors (Lipinski definition) is 1. The van der Waals surface area contributed by atoms with Crippen LogP contribution in [-0.4, -0.2) is 12.8 Å². The molecule has 0 radical (unpaired) electrons. The highest BCUT2D eigenvalue weighted by molar-refractivity contribution is 8.17. The zero-order chi connectivity index (χ0) is 5.21. The molecule has 0 rings (SSSR count). The summed E-state index contributed by atoms with van der Waals surface area (Å²) in [6, 6.07) is 0. The van der Waals surface area contributed by atoms with Crippen molar-refractivity contribution < 1.29 is 4.57 Å². The van der Waals surface area contributed by atoms with E-state index in [0.717, 1.165) is 6.16 Å². The van der Waals surface area contributed by atoms with E-state index in [9.17, 15) is 4.57 Å². The first-order valence-corrected chi connectivity index (χ1v) is 5.87. The van der Waals surface area contributed by atoms with Gasteiger partial charge >= 0.3 is 0 Å². The van der Waals surface area contributed by atoms with Crippen LogP contribution in [0.15, 0.2) is 0 Å². The van der Waals surface area contributed by atoms with E-state index in [1.165, 1.54) is 0 Å². The third-order valence-corrected chi connectivity index (χ3v) is 2.98. The maximum atomic E-state index is 10.5. The van der Waals surface area contributed by atoms with Gasteiger partial charge in [-0.2, -0.15) is 0 Å². The van der Waals surface area contributed by atoms with Crippen LogP contribution in [0.2, 0.25) is 0 Å². The molecule has 0 aromatic rings. The molecular formula is C3H10OP2. The zero-order valence-electron chi connectivity index (χ0n) is 4.14. The van der Waals surface area contributed by atoms with Gasteiger partial charge in [-0.05, 0) is 6.66 Å². The highest BCUT2D eigenvalue weighted by Gasteiger charge is 1.98. The molecule has 1 nitrogen and oxygen atoms in total. The molecule has 0 N–H and O–H groups in total. The molecule has 0 heterocycles. The summed E-state index contributed by atoms with van der Waals surface area (Å²) in [6.45, 7) is 1.96. The summed E-state index contributed by atoms with van der Waals surface area (Å²) in [5, 5.41) is 0. The van der Waals surface area contributed by atoms with Gasteiger partial charge in [-0.3, -0.25) is 0 Å². The normalized spacial score (nSPS) is 19.8. The van der Waals surface area contributed by atoms with Crippen LogP contribution in [-0.2, 0) is 4.57 Å². The largest absolute Gasteiger partial charge is 0.320 e. The molecule has 0 aromatic carbocycles. The summed E-state index contributed by atoms with van der Waals surface area (Å²) < 4.78 is 10.5. The molecule has 0 aliphatic heterocycles. The topological polar surface area (TPSA) is 17.1 Å². The Hall–Kier alpha value is 0.660. The van der Waals surface area contributed by atoms with Crippen LogP contribution in [0.25, 0.3) is 0 Å². The minimum Gasteiger partial charge on any atom is -0.320 e. The molecule has 0 aromatic heterocycles. The lowest BCUT2D eigenvalue weighted by Gasteiger charge is -1.95. The Morgan fingerprint density at radius 1 is 1.83 bits per heavy atom. The second-order valence-corrected chi connectivity index (χ2v) is 7.75. The predicted octanol–water partition coefficient (Wildman–Crippen LogP) is 1.79. The molecule has 0 aliphatic carbocycles. The smallest absolute Gasteiger partial charge is 0.0985 e. The van der Waals surface area contributed by atoms with Gasteiger partial charge in [-0.25, -0.2) is 0 Å². The number of hydrogen-bond donors (Lipinski definition) is 0. The summed E-state index contributed by atoms with van der Waals surface area (Å²) in [4.78, 5) is 0.